The van der Waals surface area contributed by atoms with Crippen molar-refractivity contribution in [3.8, 4) is 0 Å². The van der Waals surface area contributed by atoms with Gasteiger partial charge in [-0.25, -0.2) is 0 Å². The van der Waals surface area contributed by atoms with Gasteiger partial charge in [0.1, 0.15) is 0 Å². The molecule has 1 atom stereocenters. The lowest BCUT2D eigenvalue weighted by Gasteiger charge is -2.10. The van der Waals surface area contributed by atoms with Gasteiger partial charge >= 0.3 is 0 Å². The van der Waals surface area contributed by atoms with Crippen molar-refractivity contribution in [3.63, 3.8) is 0 Å². The molecular weight excluding hydrogens is 186 g/mol. The van der Waals surface area contributed by atoms with Gasteiger partial charge < -0.3 is 10.5 Å². The minimum Gasteiger partial charge on any atom is -0.379 e. The first-order valence-corrected chi connectivity index (χ1v) is 6.15. The highest BCUT2D eigenvalue weighted by Crippen LogP contribution is 2.04. The van der Waals surface area contributed by atoms with Crippen LogP contribution in [0.15, 0.2) is 12.7 Å². The van der Waals surface area contributed by atoms with E-state index in [0.29, 0.717) is 6.10 Å². The van der Waals surface area contributed by atoms with Crippen molar-refractivity contribution >= 4 is 0 Å². The van der Waals surface area contributed by atoms with E-state index in [0.717, 1.165) is 38.8 Å². The molecule has 0 aromatic heterocycles. The molecule has 2 heteroatoms. The van der Waals surface area contributed by atoms with Gasteiger partial charge in [-0.2, -0.15) is 0 Å². The highest BCUT2D eigenvalue weighted by molar-refractivity contribution is 4.66. The van der Waals surface area contributed by atoms with Crippen LogP contribution in [0.4, 0.5) is 0 Å². The summed E-state index contributed by atoms with van der Waals surface area (Å²) in [5, 5.41) is 0. The zero-order valence-corrected chi connectivity index (χ0v) is 10.8. The van der Waals surface area contributed by atoms with Gasteiger partial charge in [-0.05, 0) is 45.6 Å². The van der Waals surface area contributed by atoms with Gasteiger partial charge in [-0.1, -0.05) is 19.9 Å². The third-order valence-electron chi connectivity index (χ3n) is 1.91. The number of allylic oxidation sites excluding steroid dienone is 1. The summed E-state index contributed by atoms with van der Waals surface area (Å²) < 4.78 is 5.50. The Morgan fingerprint density at radius 3 is 2.33 bits per heavy atom. The van der Waals surface area contributed by atoms with Gasteiger partial charge in [0.05, 0.1) is 6.10 Å². The molecule has 1 unspecified atom stereocenters. The summed E-state index contributed by atoms with van der Waals surface area (Å²) in [5.41, 5.74) is 5.03. The number of hydrogen-bond donors (Lipinski definition) is 1. The van der Waals surface area contributed by atoms with E-state index in [2.05, 4.69) is 27.4 Å². The minimum absolute atomic E-state index is 0.426. The standard InChI is InChI=1S/C10H20O.C3H9N/c1-4-6-7-8-10(3)11-9-5-2;1-2-3-4/h4,10H,1,5-9H2,2-3H3;2-4H2,1H3. The predicted octanol–water partition coefficient (Wildman–Crippen LogP) is 3.51. The van der Waals surface area contributed by atoms with E-state index in [-0.39, 0.29) is 0 Å². The molecule has 0 amide bonds. The summed E-state index contributed by atoms with van der Waals surface area (Å²) in [6, 6.07) is 0. The average Bonchev–Trinajstić information content (AvgIpc) is 2.27. The molecule has 0 spiro atoms. The lowest BCUT2D eigenvalue weighted by molar-refractivity contribution is 0.0596. The molecule has 0 aliphatic rings. The quantitative estimate of drug-likeness (QED) is 0.497. The van der Waals surface area contributed by atoms with Crippen LogP contribution in [0.1, 0.15) is 52.9 Å². The monoisotopic (exact) mass is 215 g/mol. The van der Waals surface area contributed by atoms with Crippen molar-refractivity contribution in [2.24, 2.45) is 5.73 Å². The molecule has 0 aromatic rings. The number of rotatable bonds is 8. The van der Waals surface area contributed by atoms with Crippen LogP contribution in [-0.2, 0) is 4.74 Å². The Morgan fingerprint density at radius 1 is 1.33 bits per heavy atom. The smallest absolute Gasteiger partial charge is 0.0547 e. The van der Waals surface area contributed by atoms with Gasteiger partial charge in [-0.15, -0.1) is 6.58 Å². The molecule has 0 radical (unpaired) electrons. The van der Waals surface area contributed by atoms with E-state index in [1.54, 1.807) is 0 Å². The Labute approximate surface area is 95.9 Å². The van der Waals surface area contributed by atoms with Gasteiger partial charge in [0.2, 0.25) is 0 Å². The molecule has 0 saturated carbocycles. The third-order valence-corrected chi connectivity index (χ3v) is 1.91. The molecule has 0 aromatic carbocycles. The number of ether oxygens (including phenoxy) is 1. The van der Waals surface area contributed by atoms with E-state index in [1.807, 2.05) is 6.08 Å². The summed E-state index contributed by atoms with van der Waals surface area (Å²) in [5.74, 6) is 0. The molecule has 15 heavy (non-hydrogen) atoms. The Balaban J connectivity index is 0. The van der Waals surface area contributed by atoms with Crippen molar-refractivity contribution in [2.75, 3.05) is 13.2 Å². The summed E-state index contributed by atoms with van der Waals surface area (Å²) in [7, 11) is 0. The lowest BCUT2D eigenvalue weighted by Crippen LogP contribution is -2.08. The molecule has 0 fully saturated rings. The lowest BCUT2D eigenvalue weighted by atomic mass is 10.2. The van der Waals surface area contributed by atoms with E-state index in [1.165, 1.54) is 6.42 Å². The number of hydrogen-bond acceptors (Lipinski definition) is 2. The van der Waals surface area contributed by atoms with E-state index in [4.69, 9.17) is 10.5 Å². The molecule has 0 saturated heterocycles. The fourth-order valence-corrected chi connectivity index (χ4v) is 0.952. The maximum Gasteiger partial charge on any atom is 0.0547 e. The molecule has 2 N–H and O–H groups in total. The van der Waals surface area contributed by atoms with E-state index in [9.17, 15) is 0 Å². The second-order valence-electron chi connectivity index (χ2n) is 3.69. The Hall–Kier alpha value is -0.340. The topological polar surface area (TPSA) is 35.2 Å². The van der Waals surface area contributed by atoms with Crippen LogP contribution in [0.5, 0.6) is 0 Å². The predicted molar refractivity (Wildman–Crippen MR) is 69.1 cm³/mol. The van der Waals surface area contributed by atoms with Crippen molar-refractivity contribution in [1.82, 2.24) is 0 Å². The van der Waals surface area contributed by atoms with Crippen molar-refractivity contribution in [3.05, 3.63) is 12.7 Å². The second-order valence-corrected chi connectivity index (χ2v) is 3.69. The summed E-state index contributed by atoms with van der Waals surface area (Å²) >= 11 is 0. The minimum atomic E-state index is 0.426. The van der Waals surface area contributed by atoms with Crippen LogP contribution in [0.2, 0.25) is 0 Å². The first kappa shape index (κ1) is 17.1. The Kier molecular flexibility index (Phi) is 18.3. The largest absolute Gasteiger partial charge is 0.379 e. The Morgan fingerprint density at radius 2 is 1.93 bits per heavy atom. The average molecular weight is 215 g/mol. The molecule has 2 nitrogen and oxygen atoms in total. The van der Waals surface area contributed by atoms with Crippen LogP contribution in [-0.4, -0.2) is 19.3 Å². The summed E-state index contributed by atoms with van der Waals surface area (Å²) in [6.45, 7) is 11.7. The van der Waals surface area contributed by atoms with Crippen LogP contribution >= 0.6 is 0 Å². The molecule has 0 bridgehead atoms. The molecule has 0 aliphatic carbocycles. The molecule has 0 rings (SSSR count). The zero-order valence-electron chi connectivity index (χ0n) is 10.8. The van der Waals surface area contributed by atoms with Crippen LogP contribution in [0, 0.1) is 0 Å². The maximum atomic E-state index is 5.50. The normalized spacial score (nSPS) is 11.5. The maximum absolute atomic E-state index is 5.50. The van der Waals surface area contributed by atoms with Crippen molar-refractivity contribution in [1.29, 1.82) is 0 Å². The van der Waals surface area contributed by atoms with E-state index < -0.39 is 0 Å². The zero-order chi connectivity index (χ0) is 11.9. The third kappa shape index (κ3) is 19.9. The SMILES string of the molecule is C=CCCCC(C)OCCC.CCCN. The van der Waals surface area contributed by atoms with Crippen LogP contribution < -0.4 is 5.73 Å². The van der Waals surface area contributed by atoms with Gasteiger partial charge in [0, 0.05) is 6.61 Å². The summed E-state index contributed by atoms with van der Waals surface area (Å²) in [6.07, 6.45) is 8.08. The first-order chi connectivity index (χ1) is 7.22. The molecule has 0 heterocycles. The highest BCUT2D eigenvalue weighted by Gasteiger charge is 1.98. The van der Waals surface area contributed by atoms with Crippen LogP contribution in [0.3, 0.4) is 0 Å². The van der Waals surface area contributed by atoms with Gasteiger partial charge in [-0.3, -0.25) is 0 Å². The van der Waals surface area contributed by atoms with Crippen molar-refractivity contribution in [2.45, 2.75) is 59.0 Å². The van der Waals surface area contributed by atoms with Gasteiger partial charge in [0.25, 0.3) is 0 Å². The van der Waals surface area contributed by atoms with Crippen molar-refractivity contribution < 1.29 is 4.74 Å². The second kappa shape index (κ2) is 16.1. The Bertz CT molecular complexity index is 113. The first-order valence-electron chi connectivity index (χ1n) is 6.15. The van der Waals surface area contributed by atoms with Crippen LogP contribution in [0.25, 0.3) is 0 Å². The van der Waals surface area contributed by atoms with Gasteiger partial charge in [0.15, 0.2) is 0 Å². The molecular formula is C13H29NO. The highest BCUT2D eigenvalue weighted by atomic mass is 16.5. The fourth-order valence-electron chi connectivity index (χ4n) is 0.952. The summed E-state index contributed by atoms with van der Waals surface area (Å²) in [4.78, 5) is 0. The number of nitrogens with two attached hydrogens (primary N) is 1. The molecule has 92 valence electrons. The van der Waals surface area contributed by atoms with E-state index >= 15 is 0 Å². The fraction of sp³-hybridized carbons (Fsp3) is 0.846. The number of unbranched alkanes of at least 4 members (excludes halogenated alkanes) is 1. The molecule has 0 aliphatic heterocycles.